The zero-order valence-electron chi connectivity index (χ0n) is 19.1. The van der Waals surface area contributed by atoms with E-state index in [1.54, 1.807) is 0 Å². The molecule has 0 saturated heterocycles. The number of rotatable bonds is 9. The van der Waals surface area contributed by atoms with Gasteiger partial charge >= 0.3 is 6.03 Å². The van der Waals surface area contributed by atoms with Gasteiger partial charge in [-0.15, -0.1) is 0 Å². The average Bonchev–Trinajstić information content (AvgIpc) is 2.83. The molecule has 3 aromatic carbocycles. The lowest BCUT2D eigenvalue weighted by Crippen LogP contribution is -2.41. The van der Waals surface area contributed by atoms with Crippen molar-refractivity contribution in [2.75, 3.05) is 11.4 Å². The highest BCUT2D eigenvalue weighted by molar-refractivity contribution is 5.99. The standard InChI is InChI=1S/C28H34N2O/c1-4-7-21-29(22-25-11-9-8-10-12-25)28(31)30(26-17-13-23(5-2)14-18-26)27-19-15-24(6-3)16-20-27/h8-20H,4-7,21-22H2,1-3H3. The Labute approximate surface area is 187 Å². The second-order valence-corrected chi connectivity index (χ2v) is 7.92. The Morgan fingerprint density at radius 2 is 1.19 bits per heavy atom. The first kappa shape index (κ1) is 22.6. The van der Waals surface area contributed by atoms with E-state index in [2.05, 4.69) is 81.4 Å². The monoisotopic (exact) mass is 414 g/mol. The van der Waals surface area contributed by atoms with Gasteiger partial charge in [-0.2, -0.15) is 0 Å². The molecule has 3 rings (SSSR count). The van der Waals surface area contributed by atoms with E-state index in [9.17, 15) is 4.79 Å². The average molecular weight is 415 g/mol. The molecule has 0 aromatic heterocycles. The van der Waals surface area contributed by atoms with Crippen LogP contribution in [0.5, 0.6) is 0 Å². The molecular weight excluding hydrogens is 380 g/mol. The number of benzene rings is 3. The molecule has 0 aliphatic rings. The first-order valence-corrected chi connectivity index (χ1v) is 11.5. The summed E-state index contributed by atoms with van der Waals surface area (Å²) in [4.78, 5) is 17.7. The van der Waals surface area contributed by atoms with E-state index in [-0.39, 0.29) is 6.03 Å². The lowest BCUT2D eigenvalue weighted by molar-refractivity contribution is 0.203. The fraction of sp³-hybridized carbons (Fsp3) is 0.321. The smallest absolute Gasteiger partial charge is 0.320 e. The number of unbranched alkanes of at least 4 members (excludes halogenated alkanes) is 1. The van der Waals surface area contributed by atoms with Crippen LogP contribution in [0.25, 0.3) is 0 Å². The quantitative estimate of drug-likeness (QED) is 0.358. The van der Waals surface area contributed by atoms with E-state index in [0.717, 1.165) is 49.2 Å². The molecule has 2 amide bonds. The van der Waals surface area contributed by atoms with Crippen LogP contribution >= 0.6 is 0 Å². The number of nitrogens with zero attached hydrogens (tertiary/aromatic N) is 2. The molecule has 0 atom stereocenters. The van der Waals surface area contributed by atoms with Gasteiger partial charge in [0.05, 0.1) is 11.4 Å². The summed E-state index contributed by atoms with van der Waals surface area (Å²) < 4.78 is 0. The summed E-state index contributed by atoms with van der Waals surface area (Å²) in [5.74, 6) is 0. The van der Waals surface area contributed by atoms with Crippen molar-refractivity contribution in [3.63, 3.8) is 0 Å². The maximum atomic E-state index is 13.9. The van der Waals surface area contributed by atoms with Crippen molar-refractivity contribution in [3.05, 3.63) is 95.6 Å². The van der Waals surface area contributed by atoms with Crippen LogP contribution in [0.1, 0.15) is 50.3 Å². The topological polar surface area (TPSA) is 23.6 Å². The van der Waals surface area contributed by atoms with Gasteiger partial charge in [0.15, 0.2) is 0 Å². The third-order valence-corrected chi connectivity index (χ3v) is 5.67. The van der Waals surface area contributed by atoms with Crippen LogP contribution in [-0.4, -0.2) is 17.5 Å². The summed E-state index contributed by atoms with van der Waals surface area (Å²) in [5.41, 5.74) is 5.49. The molecule has 0 saturated carbocycles. The number of anilines is 2. The number of amides is 2. The number of urea groups is 1. The number of carbonyl (C=O) groups is 1. The Kier molecular flexibility index (Phi) is 8.28. The van der Waals surface area contributed by atoms with Gasteiger partial charge in [-0.25, -0.2) is 4.79 Å². The molecule has 31 heavy (non-hydrogen) atoms. The van der Waals surface area contributed by atoms with E-state index < -0.39 is 0 Å². The Balaban J connectivity index is 1.98. The first-order chi connectivity index (χ1) is 15.2. The van der Waals surface area contributed by atoms with Crippen molar-refractivity contribution < 1.29 is 4.79 Å². The van der Waals surface area contributed by atoms with Crippen LogP contribution in [0.15, 0.2) is 78.9 Å². The molecule has 0 spiro atoms. The SMILES string of the molecule is CCCCN(Cc1ccccc1)C(=O)N(c1ccc(CC)cc1)c1ccc(CC)cc1. The van der Waals surface area contributed by atoms with Crippen LogP contribution < -0.4 is 4.90 Å². The van der Waals surface area contributed by atoms with Crippen molar-refractivity contribution >= 4 is 17.4 Å². The molecule has 0 N–H and O–H groups in total. The highest BCUT2D eigenvalue weighted by atomic mass is 16.2. The van der Waals surface area contributed by atoms with Crippen LogP contribution in [0, 0.1) is 0 Å². The Morgan fingerprint density at radius 3 is 1.65 bits per heavy atom. The molecule has 0 unspecified atom stereocenters. The van der Waals surface area contributed by atoms with E-state index in [1.807, 2.05) is 28.0 Å². The molecule has 0 bridgehead atoms. The highest BCUT2D eigenvalue weighted by Gasteiger charge is 2.24. The van der Waals surface area contributed by atoms with Gasteiger partial charge in [-0.05, 0) is 60.2 Å². The lowest BCUT2D eigenvalue weighted by Gasteiger charge is -2.31. The van der Waals surface area contributed by atoms with Crippen molar-refractivity contribution in [1.29, 1.82) is 0 Å². The van der Waals surface area contributed by atoms with E-state index >= 15 is 0 Å². The summed E-state index contributed by atoms with van der Waals surface area (Å²) >= 11 is 0. The number of hydrogen-bond acceptors (Lipinski definition) is 1. The summed E-state index contributed by atoms with van der Waals surface area (Å²) in [5, 5.41) is 0. The predicted molar refractivity (Wildman–Crippen MR) is 131 cm³/mol. The molecule has 3 heteroatoms. The largest absolute Gasteiger partial charge is 0.329 e. The van der Waals surface area contributed by atoms with Gasteiger partial charge in [0, 0.05) is 13.1 Å². The summed E-state index contributed by atoms with van der Waals surface area (Å²) in [6, 6.07) is 27.0. The van der Waals surface area contributed by atoms with Gasteiger partial charge in [-0.1, -0.05) is 81.8 Å². The Bertz CT molecular complexity index is 886. The van der Waals surface area contributed by atoms with Gasteiger partial charge in [0.2, 0.25) is 0 Å². The van der Waals surface area contributed by atoms with Crippen molar-refractivity contribution in [2.24, 2.45) is 0 Å². The third kappa shape index (κ3) is 5.97. The van der Waals surface area contributed by atoms with Gasteiger partial charge in [-0.3, -0.25) is 4.90 Å². The van der Waals surface area contributed by atoms with E-state index in [0.29, 0.717) is 6.54 Å². The van der Waals surface area contributed by atoms with Crippen LogP contribution in [0.4, 0.5) is 16.2 Å². The maximum absolute atomic E-state index is 13.9. The maximum Gasteiger partial charge on any atom is 0.329 e. The van der Waals surface area contributed by atoms with E-state index in [1.165, 1.54) is 11.1 Å². The molecule has 0 fully saturated rings. The zero-order valence-corrected chi connectivity index (χ0v) is 19.1. The van der Waals surface area contributed by atoms with Gasteiger partial charge in [0.25, 0.3) is 0 Å². The van der Waals surface area contributed by atoms with Crippen LogP contribution in [-0.2, 0) is 19.4 Å². The summed E-state index contributed by atoms with van der Waals surface area (Å²) in [7, 11) is 0. The molecule has 0 radical (unpaired) electrons. The van der Waals surface area contributed by atoms with Crippen LogP contribution in [0.2, 0.25) is 0 Å². The summed E-state index contributed by atoms with van der Waals surface area (Å²) in [6.07, 6.45) is 4.00. The third-order valence-electron chi connectivity index (χ3n) is 5.67. The Hall–Kier alpha value is -3.07. The molecule has 3 aromatic rings. The number of aryl methyl sites for hydroxylation is 2. The minimum absolute atomic E-state index is 0.0193. The molecular formula is C28H34N2O. The lowest BCUT2D eigenvalue weighted by atomic mass is 10.1. The summed E-state index contributed by atoms with van der Waals surface area (Å²) in [6.45, 7) is 7.80. The van der Waals surface area contributed by atoms with Gasteiger partial charge < -0.3 is 4.90 Å². The molecule has 162 valence electrons. The molecule has 0 aliphatic heterocycles. The fourth-order valence-corrected chi connectivity index (χ4v) is 3.67. The molecule has 3 nitrogen and oxygen atoms in total. The highest BCUT2D eigenvalue weighted by Crippen LogP contribution is 2.28. The van der Waals surface area contributed by atoms with Gasteiger partial charge in [0.1, 0.15) is 0 Å². The predicted octanol–water partition coefficient (Wildman–Crippen LogP) is 7.37. The van der Waals surface area contributed by atoms with Crippen LogP contribution in [0.3, 0.4) is 0 Å². The van der Waals surface area contributed by atoms with Crippen molar-refractivity contribution in [1.82, 2.24) is 4.90 Å². The number of carbonyl (C=O) groups excluding carboxylic acids is 1. The number of hydrogen-bond donors (Lipinski definition) is 0. The normalized spacial score (nSPS) is 10.7. The van der Waals surface area contributed by atoms with Crippen molar-refractivity contribution in [2.45, 2.75) is 53.0 Å². The molecule has 0 heterocycles. The zero-order chi connectivity index (χ0) is 22.1. The minimum atomic E-state index is 0.0193. The second-order valence-electron chi connectivity index (χ2n) is 7.92. The van der Waals surface area contributed by atoms with Crippen molar-refractivity contribution in [3.8, 4) is 0 Å². The van der Waals surface area contributed by atoms with E-state index in [4.69, 9.17) is 0 Å². The second kappa shape index (κ2) is 11.4. The minimum Gasteiger partial charge on any atom is -0.320 e. The molecule has 0 aliphatic carbocycles. The first-order valence-electron chi connectivity index (χ1n) is 11.5. The fourth-order valence-electron chi connectivity index (χ4n) is 3.67. The Morgan fingerprint density at radius 1 is 0.677 bits per heavy atom.